The first-order valence-electron chi connectivity index (χ1n) is 5.34. The molecule has 4 rings (SSSR count). The lowest BCUT2D eigenvalue weighted by atomic mass is 9.66. The van der Waals surface area contributed by atoms with Crippen molar-refractivity contribution in [3.05, 3.63) is 12.3 Å². The van der Waals surface area contributed by atoms with Gasteiger partial charge in [-0.2, -0.15) is 0 Å². The maximum Gasteiger partial charge on any atom is 0.0565 e. The number of nitrogens with one attached hydrogen (secondary N) is 1. The molecule has 1 saturated carbocycles. The first-order chi connectivity index (χ1) is 6.33. The van der Waals surface area contributed by atoms with E-state index in [2.05, 4.69) is 22.6 Å². The van der Waals surface area contributed by atoms with Gasteiger partial charge in [0.05, 0.1) is 5.54 Å². The molecule has 2 fully saturated rings. The van der Waals surface area contributed by atoms with Crippen molar-refractivity contribution < 1.29 is 0 Å². The summed E-state index contributed by atoms with van der Waals surface area (Å²) in [6.07, 6.45) is 14.3. The van der Waals surface area contributed by atoms with Crippen LogP contribution in [-0.4, -0.2) is 17.3 Å². The van der Waals surface area contributed by atoms with Crippen molar-refractivity contribution in [3.8, 4) is 0 Å². The number of rotatable bonds is 0. The van der Waals surface area contributed by atoms with Gasteiger partial charge in [-0.15, -0.1) is 0 Å². The molecule has 2 nitrogen and oxygen atoms in total. The third kappa shape index (κ3) is 1.08. The summed E-state index contributed by atoms with van der Waals surface area (Å²) in [6.45, 7) is 0. The summed E-state index contributed by atoms with van der Waals surface area (Å²) in [6, 6.07) is 0. The summed E-state index contributed by atoms with van der Waals surface area (Å²) in [7, 11) is 0. The summed E-state index contributed by atoms with van der Waals surface area (Å²) in [5.74, 6) is 0. The quantitative estimate of drug-likeness (QED) is 0.600. The van der Waals surface area contributed by atoms with Crippen LogP contribution in [-0.2, 0) is 0 Å². The second-order valence-electron chi connectivity index (χ2n) is 4.77. The van der Waals surface area contributed by atoms with Crippen molar-refractivity contribution in [2.24, 2.45) is 4.99 Å². The first-order valence-corrected chi connectivity index (χ1v) is 5.34. The SMILES string of the molecule is C1=CC23CCCCCC(C=N1)(C2)N3. The fourth-order valence-corrected chi connectivity index (χ4v) is 3.10. The largest absolute Gasteiger partial charge is 0.297 e. The highest BCUT2D eigenvalue weighted by Gasteiger charge is 2.52. The third-order valence-electron chi connectivity index (χ3n) is 3.68. The molecule has 2 unspecified atom stereocenters. The first kappa shape index (κ1) is 7.74. The molecule has 2 atom stereocenters. The molecule has 70 valence electrons. The minimum Gasteiger partial charge on any atom is -0.297 e. The lowest BCUT2D eigenvalue weighted by molar-refractivity contribution is 0.106. The fraction of sp³-hybridized carbons (Fsp3) is 0.727. The van der Waals surface area contributed by atoms with Crippen LogP contribution in [0.4, 0.5) is 0 Å². The lowest BCUT2D eigenvalue weighted by Crippen LogP contribution is -2.72. The molecule has 0 spiro atoms. The summed E-state index contributed by atoms with van der Waals surface area (Å²) in [4.78, 5) is 4.34. The van der Waals surface area contributed by atoms with Crippen molar-refractivity contribution in [1.29, 1.82) is 0 Å². The van der Waals surface area contributed by atoms with E-state index in [0.29, 0.717) is 5.54 Å². The van der Waals surface area contributed by atoms with Crippen LogP contribution < -0.4 is 5.32 Å². The molecule has 0 amide bonds. The standard InChI is InChI=1S/C11H16N2/c1-2-4-10-6-7-12-9-11(8-10,13-10)5-3-1/h6-7,9,13H,1-5,8H2. The summed E-state index contributed by atoms with van der Waals surface area (Å²) >= 11 is 0. The smallest absolute Gasteiger partial charge is 0.0565 e. The molecule has 1 N–H and O–H groups in total. The molecule has 1 aliphatic carbocycles. The Kier molecular flexibility index (Phi) is 1.46. The molecule has 0 aromatic heterocycles. The average Bonchev–Trinajstić information content (AvgIpc) is 2.27. The number of fused-ring (bicyclic) bond motifs is 1. The van der Waals surface area contributed by atoms with E-state index in [9.17, 15) is 0 Å². The van der Waals surface area contributed by atoms with Gasteiger partial charge in [-0.3, -0.25) is 10.3 Å². The van der Waals surface area contributed by atoms with E-state index >= 15 is 0 Å². The van der Waals surface area contributed by atoms with Gasteiger partial charge in [0.15, 0.2) is 0 Å². The molecule has 4 aliphatic rings. The Bertz CT molecular complexity index is 246. The topological polar surface area (TPSA) is 24.4 Å². The van der Waals surface area contributed by atoms with Crippen LogP contribution in [0.3, 0.4) is 0 Å². The van der Waals surface area contributed by atoms with Crippen molar-refractivity contribution in [3.63, 3.8) is 0 Å². The second-order valence-corrected chi connectivity index (χ2v) is 4.77. The van der Waals surface area contributed by atoms with Crippen LogP contribution in [0.2, 0.25) is 0 Å². The normalized spacial score (nSPS) is 47.4. The van der Waals surface area contributed by atoms with Crippen LogP contribution in [0.15, 0.2) is 17.3 Å². The minimum absolute atomic E-state index is 0.268. The van der Waals surface area contributed by atoms with Crippen molar-refractivity contribution in [1.82, 2.24) is 5.32 Å². The molecular formula is C11H16N2. The molecule has 1 saturated heterocycles. The van der Waals surface area contributed by atoms with Crippen molar-refractivity contribution in [2.75, 3.05) is 0 Å². The molecule has 0 aromatic rings. The van der Waals surface area contributed by atoms with Crippen LogP contribution in [0.1, 0.15) is 38.5 Å². The molecule has 0 radical (unpaired) electrons. The molecule has 13 heavy (non-hydrogen) atoms. The summed E-state index contributed by atoms with van der Waals surface area (Å²) in [5, 5.41) is 3.73. The van der Waals surface area contributed by atoms with E-state index in [1.54, 1.807) is 0 Å². The Balaban J connectivity index is 1.94. The van der Waals surface area contributed by atoms with Gasteiger partial charge in [0.1, 0.15) is 0 Å². The van der Waals surface area contributed by atoms with Gasteiger partial charge in [0.2, 0.25) is 0 Å². The Morgan fingerprint density at radius 3 is 2.69 bits per heavy atom. The molecule has 3 aliphatic heterocycles. The van der Waals surface area contributed by atoms with Crippen LogP contribution in [0.25, 0.3) is 0 Å². The second kappa shape index (κ2) is 2.44. The number of nitrogens with zero attached hydrogens (tertiary/aromatic N) is 1. The monoisotopic (exact) mass is 176 g/mol. The Morgan fingerprint density at radius 2 is 1.85 bits per heavy atom. The predicted octanol–water partition coefficient (Wildman–Crippen LogP) is 2.02. The number of hydrogen-bond acceptors (Lipinski definition) is 2. The van der Waals surface area contributed by atoms with Gasteiger partial charge in [-0.05, 0) is 25.3 Å². The minimum atomic E-state index is 0.268. The highest BCUT2D eigenvalue weighted by molar-refractivity contribution is 5.75. The highest BCUT2D eigenvalue weighted by Crippen LogP contribution is 2.44. The summed E-state index contributed by atoms with van der Waals surface area (Å²) < 4.78 is 0. The molecule has 2 bridgehead atoms. The zero-order valence-corrected chi connectivity index (χ0v) is 7.92. The molecular weight excluding hydrogens is 160 g/mol. The van der Waals surface area contributed by atoms with E-state index in [1.807, 2.05) is 6.20 Å². The molecule has 0 aromatic carbocycles. The Hall–Kier alpha value is -0.630. The molecule has 2 heteroatoms. The maximum atomic E-state index is 4.34. The Labute approximate surface area is 79.1 Å². The third-order valence-corrected chi connectivity index (χ3v) is 3.68. The maximum absolute atomic E-state index is 4.34. The van der Waals surface area contributed by atoms with Crippen molar-refractivity contribution in [2.45, 2.75) is 49.6 Å². The average molecular weight is 176 g/mol. The van der Waals surface area contributed by atoms with E-state index in [4.69, 9.17) is 0 Å². The number of aliphatic imine (C=N–C) groups is 1. The van der Waals surface area contributed by atoms with Gasteiger partial charge >= 0.3 is 0 Å². The lowest BCUT2D eigenvalue weighted by Gasteiger charge is -2.55. The van der Waals surface area contributed by atoms with Gasteiger partial charge in [0, 0.05) is 18.0 Å². The van der Waals surface area contributed by atoms with Crippen LogP contribution in [0, 0.1) is 0 Å². The van der Waals surface area contributed by atoms with Gasteiger partial charge < -0.3 is 0 Å². The van der Waals surface area contributed by atoms with E-state index in [-0.39, 0.29) is 5.54 Å². The van der Waals surface area contributed by atoms with Gasteiger partial charge in [-0.25, -0.2) is 0 Å². The zero-order chi connectivity index (χ0) is 8.78. The van der Waals surface area contributed by atoms with E-state index in [0.717, 1.165) is 0 Å². The van der Waals surface area contributed by atoms with Crippen molar-refractivity contribution >= 4 is 6.21 Å². The zero-order valence-electron chi connectivity index (χ0n) is 7.92. The van der Waals surface area contributed by atoms with E-state index in [1.165, 1.54) is 38.5 Å². The highest BCUT2D eigenvalue weighted by atomic mass is 15.2. The summed E-state index contributed by atoms with van der Waals surface area (Å²) in [5.41, 5.74) is 0.584. The van der Waals surface area contributed by atoms with E-state index < -0.39 is 0 Å². The predicted molar refractivity (Wildman–Crippen MR) is 53.9 cm³/mol. The van der Waals surface area contributed by atoms with Gasteiger partial charge in [0.25, 0.3) is 0 Å². The molecule has 3 heterocycles. The Morgan fingerprint density at radius 1 is 1.08 bits per heavy atom. The van der Waals surface area contributed by atoms with Crippen LogP contribution in [0.5, 0.6) is 0 Å². The van der Waals surface area contributed by atoms with Crippen LogP contribution >= 0.6 is 0 Å². The number of hydrogen-bond donors (Lipinski definition) is 1. The fourth-order valence-electron chi connectivity index (χ4n) is 3.10. The van der Waals surface area contributed by atoms with Gasteiger partial charge in [-0.1, -0.05) is 19.3 Å².